The largest absolute Gasteiger partial charge is 0.466 e. The number of hydrogen-bond acceptors (Lipinski definition) is 3. The number of ether oxygens (including phenoxy) is 1. The quantitative estimate of drug-likeness (QED) is 0.730. The zero-order chi connectivity index (χ0) is 11.5. The molecule has 1 saturated carbocycles. The Hall–Kier alpha value is -0.570. The Morgan fingerprint density at radius 1 is 1.40 bits per heavy atom. The molecule has 0 spiro atoms. The van der Waals surface area contributed by atoms with Crippen LogP contribution in [0.25, 0.3) is 0 Å². The number of esters is 1. The molecule has 1 fully saturated rings. The molecular formula is C12H22O3. The van der Waals surface area contributed by atoms with Gasteiger partial charge in [-0.2, -0.15) is 0 Å². The molecule has 0 aromatic heterocycles. The van der Waals surface area contributed by atoms with Gasteiger partial charge in [0.2, 0.25) is 0 Å². The van der Waals surface area contributed by atoms with Crippen molar-refractivity contribution in [2.45, 2.75) is 58.5 Å². The van der Waals surface area contributed by atoms with Gasteiger partial charge in [-0.3, -0.25) is 4.79 Å². The molecule has 88 valence electrons. The van der Waals surface area contributed by atoms with Gasteiger partial charge in [0, 0.05) is 6.42 Å². The van der Waals surface area contributed by atoms with E-state index >= 15 is 0 Å². The van der Waals surface area contributed by atoms with Crippen LogP contribution < -0.4 is 0 Å². The highest BCUT2D eigenvalue weighted by atomic mass is 16.5. The highest BCUT2D eigenvalue weighted by Crippen LogP contribution is 2.48. The Morgan fingerprint density at radius 3 is 2.53 bits per heavy atom. The van der Waals surface area contributed by atoms with E-state index in [0.29, 0.717) is 19.4 Å². The molecule has 0 amide bonds. The van der Waals surface area contributed by atoms with Crippen LogP contribution in [-0.2, 0) is 9.53 Å². The summed E-state index contributed by atoms with van der Waals surface area (Å²) in [6.45, 7) is 6.36. The molecule has 1 rings (SSSR count). The molecule has 1 aliphatic carbocycles. The van der Waals surface area contributed by atoms with E-state index in [0.717, 1.165) is 19.3 Å². The summed E-state index contributed by atoms with van der Waals surface area (Å²) in [5.74, 6) is -0.200. The summed E-state index contributed by atoms with van der Waals surface area (Å²) in [6.07, 6.45) is 3.74. The van der Waals surface area contributed by atoms with Gasteiger partial charge in [-0.1, -0.05) is 13.8 Å². The maximum atomic E-state index is 11.2. The van der Waals surface area contributed by atoms with Crippen molar-refractivity contribution in [1.29, 1.82) is 0 Å². The zero-order valence-electron chi connectivity index (χ0n) is 10.0. The topological polar surface area (TPSA) is 46.5 Å². The molecule has 0 aromatic carbocycles. The van der Waals surface area contributed by atoms with Crippen molar-refractivity contribution in [2.75, 3.05) is 6.61 Å². The molecule has 0 radical (unpaired) electrons. The van der Waals surface area contributed by atoms with E-state index in [1.165, 1.54) is 0 Å². The molecular weight excluding hydrogens is 192 g/mol. The fraction of sp³-hybridized carbons (Fsp3) is 0.917. The number of carbonyl (C=O) groups excluding carboxylic acids is 1. The summed E-state index contributed by atoms with van der Waals surface area (Å²) in [5, 5.41) is 10.4. The molecule has 0 aromatic rings. The number of rotatable bonds is 4. The third-order valence-corrected chi connectivity index (χ3v) is 3.70. The second kappa shape index (κ2) is 4.52. The highest BCUT2D eigenvalue weighted by Gasteiger charge is 2.47. The minimum absolute atomic E-state index is 0.0699. The van der Waals surface area contributed by atoms with Crippen LogP contribution in [0.15, 0.2) is 0 Å². The average molecular weight is 214 g/mol. The van der Waals surface area contributed by atoms with Gasteiger partial charge in [0.05, 0.1) is 12.2 Å². The SMILES string of the molecule is CCOC(=O)CCC1(O)CCCC1(C)C. The first-order valence-corrected chi connectivity index (χ1v) is 5.79. The molecule has 1 aliphatic rings. The van der Waals surface area contributed by atoms with Crippen LogP contribution in [0.2, 0.25) is 0 Å². The molecule has 0 heterocycles. The van der Waals surface area contributed by atoms with E-state index < -0.39 is 5.60 Å². The van der Waals surface area contributed by atoms with Crippen molar-refractivity contribution >= 4 is 5.97 Å². The lowest BCUT2D eigenvalue weighted by Crippen LogP contribution is -2.40. The predicted octanol–water partition coefficient (Wildman–Crippen LogP) is 2.27. The zero-order valence-corrected chi connectivity index (χ0v) is 10.0. The second-order valence-corrected chi connectivity index (χ2v) is 5.07. The van der Waals surface area contributed by atoms with Crippen LogP contribution in [0.3, 0.4) is 0 Å². The van der Waals surface area contributed by atoms with Crippen molar-refractivity contribution in [3.63, 3.8) is 0 Å². The highest BCUT2D eigenvalue weighted by molar-refractivity contribution is 5.69. The smallest absolute Gasteiger partial charge is 0.305 e. The third kappa shape index (κ3) is 2.71. The normalized spacial score (nSPS) is 29.1. The van der Waals surface area contributed by atoms with E-state index in [1.54, 1.807) is 6.92 Å². The Kier molecular flexibility index (Phi) is 3.77. The molecule has 1 unspecified atom stereocenters. The molecule has 0 saturated heterocycles. The molecule has 1 N–H and O–H groups in total. The standard InChI is InChI=1S/C12H22O3/c1-4-15-10(13)6-9-12(14)8-5-7-11(12,2)3/h14H,4-9H2,1-3H3. The lowest BCUT2D eigenvalue weighted by molar-refractivity contribution is -0.145. The Morgan fingerprint density at radius 2 is 2.07 bits per heavy atom. The van der Waals surface area contributed by atoms with Crippen LogP contribution in [0.5, 0.6) is 0 Å². The molecule has 0 aliphatic heterocycles. The second-order valence-electron chi connectivity index (χ2n) is 5.07. The van der Waals surface area contributed by atoms with Crippen molar-refractivity contribution in [1.82, 2.24) is 0 Å². The van der Waals surface area contributed by atoms with Crippen LogP contribution in [0.1, 0.15) is 52.9 Å². The van der Waals surface area contributed by atoms with Crippen molar-refractivity contribution in [2.24, 2.45) is 5.41 Å². The Labute approximate surface area is 91.8 Å². The molecule has 15 heavy (non-hydrogen) atoms. The van der Waals surface area contributed by atoms with Crippen molar-refractivity contribution in [3.8, 4) is 0 Å². The Bertz CT molecular complexity index is 235. The summed E-state index contributed by atoms with van der Waals surface area (Å²) >= 11 is 0. The summed E-state index contributed by atoms with van der Waals surface area (Å²) in [6, 6.07) is 0. The summed E-state index contributed by atoms with van der Waals surface area (Å²) in [7, 11) is 0. The van der Waals surface area contributed by atoms with E-state index in [-0.39, 0.29) is 11.4 Å². The van der Waals surface area contributed by atoms with E-state index in [9.17, 15) is 9.90 Å². The first-order valence-electron chi connectivity index (χ1n) is 5.79. The monoisotopic (exact) mass is 214 g/mol. The lowest BCUT2D eigenvalue weighted by atomic mass is 9.75. The molecule has 1 atom stereocenters. The summed E-state index contributed by atoms with van der Waals surface area (Å²) in [5.41, 5.74) is -0.751. The Balaban J connectivity index is 2.46. The number of aliphatic hydroxyl groups is 1. The first-order chi connectivity index (χ1) is 6.91. The third-order valence-electron chi connectivity index (χ3n) is 3.70. The van der Waals surface area contributed by atoms with Crippen LogP contribution >= 0.6 is 0 Å². The average Bonchev–Trinajstić information content (AvgIpc) is 2.40. The van der Waals surface area contributed by atoms with Crippen molar-refractivity contribution in [3.05, 3.63) is 0 Å². The van der Waals surface area contributed by atoms with Gasteiger partial charge in [-0.05, 0) is 38.0 Å². The van der Waals surface area contributed by atoms with Gasteiger partial charge in [0.25, 0.3) is 0 Å². The van der Waals surface area contributed by atoms with Crippen LogP contribution in [0, 0.1) is 5.41 Å². The van der Waals surface area contributed by atoms with Gasteiger partial charge >= 0.3 is 5.97 Å². The van der Waals surface area contributed by atoms with Gasteiger partial charge in [-0.15, -0.1) is 0 Å². The summed E-state index contributed by atoms with van der Waals surface area (Å²) < 4.78 is 4.86. The first kappa shape index (κ1) is 12.5. The van der Waals surface area contributed by atoms with Gasteiger partial charge < -0.3 is 9.84 Å². The fourth-order valence-electron chi connectivity index (χ4n) is 2.40. The van der Waals surface area contributed by atoms with Gasteiger partial charge in [-0.25, -0.2) is 0 Å². The van der Waals surface area contributed by atoms with Gasteiger partial charge in [0.15, 0.2) is 0 Å². The maximum absolute atomic E-state index is 11.2. The minimum atomic E-state index is -0.681. The maximum Gasteiger partial charge on any atom is 0.305 e. The number of hydrogen-bond donors (Lipinski definition) is 1. The predicted molar refractivity (Wildman–Crippen MR) is 58.4 cm³/mol. The summed E-state index contributed by atoms with van der Waals surface area (Å²) in [4.78, 5) is 11.2. The van der Waals surface area contributed by atoms with E-state index in [2.05, 4.69) is 13.8 Å². The fourth-order valence-corrected chi connectivity index (χ4v) is 2.40. The van der Waals surface area contributed by atoms with Crippen LogP contribution in [0.4, 0.5) is 0 Å². The van der Waals surface area contributed by atoms with Crippen molar-refractivity contribution < 1.29 is 14.6 Å². The lowest BCUT2D eigenvalue weighted by Gasteiger charge is -2.36. The van der Waals surface area contributed by atoms with Crippen LogP contribution in [-0.4, -0.2) is 23.3 Å². The minimum Gasteiger partial charge on any atom is -0.466 e. The number of carbonyl (C=O) groups is 1. The van der Waals surface area contributed by atoms with E-state index in [4.69, 9.17) is 4.74 Å². The molecule has 3 nitrogen and oxygen atoms in total. The molecule has 3 heteroatoms. The van der Waals surface area contributed by atoms with Gasteiger partial charge in [0.1, 0.15) is 0 Å². The van der Waals surface area contributed by atoms with E-state index in [1.807, 2.05) is 0 Å². The molecule has 0 bridgehead atoms.